The highest BCUT2D eigenvalue weighted by Gasteiger charge is 2.59. The van der Waals surface area contributed by atoms with Crippen molar-refractivity contribution in [3.8, 4) is 0 Å². The molecule has 0 saturated heterocycles. The summed E-state index contributed by atoms with van der Waals surface area (Å²) in [6.45, 7) is 5.21. The molecule has 0 heterocycles. The molecule has 0 aliphatic heterocycles. The summed E-state index contributed by atoms with van der Waals surface area (Å²) in [5, 5.41) is 0. The highest BCUT2D eigenvalue weighted by Crippen LogP contribution is 2.47. The van der Waals surface area contributed by atoms with Crippen molar-refractivity contribution >= 4 is 11.9 Å². The topological polar surface area (TPSA) is 52.6 Å². The lowest BCUT2D eigenvalue weighted by Crippen LogP contribution is -2.21. The minimum atomic E-state index is -0.613. The zero-order valence-electron chi connectivity index (χ0n) is 8.12. The summed E-state index contributed by atoms with van der Waals surface area (Å²) in [5.41, 5.74) is -0.613. The van der Waals surface area contributed by atoms with Crippen LogP contribution in [0.5, 0.6) is 0 Å². The average Bonchev–Trinajstić information content (AvgIpc) is 2.60. The summed E-state index contributed by atoms with van der Waals surface area (Å²) < 4.78 is 9.80. The molecule has 0 aromatic carbocycles. The van der Waals surface area contributed by atoms with Gasteiger partial charge in [0, 0.05) is 13.3 Å². The summed E-state index contributed by atoms with van der Waals surface area (Å²) >= 11 is 0. The Balaban J connectivity index is 2.43. The largest absolute Gasteiger partial charge is 0.466 e. The van der Waals surface area contributed by atoms with E-state index in [1.807, 2.05) is 0 Å². The second-order valence-corrected chi connectivity index (χ2v) is 3.42. The van der Waals surface area contributed by atoms with Gasteiger partial charge in [-0.25, -0.2) is 0 Å². The van der Waals surface area contributed by atoms with E-state index in [9.17, 15) is 9.59 Å². The maximum Gasteiger partial charge on any atom is 0.313 e. The third kappa shape index (κ3) is 2.20. The van der Waals surface area contributed by atoms with Gasteiger partial charge in [-0.15, -0.1) is 0 Å². The van der Waals surface area contributed by atoms with Crippen molar-refractivity contribution in [3.63, 3.8) is 0 Å². The third-order valence-electron chi connectivity index (χ3n) is 2.13. The van der Waals surface area contributed by atoms with E-state index in [-0.39, 0.29) is 17.9 Å². The van der Waals surface area contributed by atoms with E-state index in [1.54, 1.807) is 13.8 Å². The first-order valence-electron chi connectivity index (χ1n) is 4.36. The van der Waals surface area contributed by atoms with Crippen LogP contribution in [0.2, 0.25) is 0 Å². The molecule has 74 valence electrons. The van der Waals surface area contributed by atoms with Gasteiger partial charge in [-0.2, -0.15) is 0 Å². The third-order valence-corrected chi connectivity index (χ3v) is 2.13. The van der Waals surface area contributed by atoms with Gasteiger partial charge in [0.15, 0.2) is 0 Å². The Labute approximate surface area is 77.2 Å². The number of hydrogen-bond donors (Lipinski definition) is 0. The molecule has 0 aromatic heterocycles. The van der Waals surface area contributed by atoms with Crippen LogP contribution in [-0.4, -0.2) is 24.1 Å². The lowest BCUT2D eigenvalue weighted by molar-refractivity contribution is -0.153. The maximum absolute atomic E-state index is 11.2. The summed E-state index contributed by atoms with van der Waals surface area (Å²) in [6.07, 6.45) is 0.575. The number of carbonyl (C=O) groups excluding carboxylic acids is 2. The molecule has 0 amide bonds. The Morgan fingerprint density at radius 2 is 2.15 bits per heavy atom. The standard InChI is InChI=1S/C9H14O4/c1-4-12-8(11)7-5-9(7,3)13-6(2)10/h7H,4-5H2,1-3H3. The minimum absolute atomic E-state index is 0.267. The minimum Gasteiger partial charge on any atom is -0.466 e. The summed E-state index contributed by atoms with van der Waals surface area (Å²) in [6, 6.07) is 0. The van der Waals surface area contributed by atoms with Gasteiger partial charge in [0.25, 0.3) is 0 Å². The summed E-state index contributed by atoms with van der Waals surface area (Å²) in [5.74, 6) is -0.892. The fourth-order valence-electron chi connectivity index (χ4n) is 1.36. The molecule has 0 spiro atoms. The molecular weight excluding hydrogens is 172 g/mol. The van der Waals surface area contributed by atoms with E-state index in [0.717, 1.165) is 0 Å². The van der Waals surface area contributed by atoms with E-state index >= 15 is 0 Å². The van der Waals surface area contributed by atoms with Gasteiger partial charge in [-0.3, -0.25) is 9.59 Å². The molecule has 0 N–H and O–H groups in total. The van der Waals surface area contributed by atoms with Crippen LogP contribution in [0.3, 0.4) is 0 Å². The molecule has 1 aliphatic carbocycles. The Bertz CT molecular complexity index is 236. The van der Waals surface area contributed by atoms with Gasteiger partial charge in [0.1, 0.15) is 11.5 Å². The van der Waals surface area contributed by atoms with Crippen molar-refractivity contribution in [2.24, 2.45) is 5.92 Å². The lowest BCUT2D eigenvalue weighted by atomic mass is 10.3. The molecule has 1 rings (SSSR count). The number of rotatable bonds is 3. The number of esters is 2. The fourth-order valence-corrected chi connectivity index (χ4v) is 1.36. The molecule has 13 heavy (non-hydrogen) atoms. The smallest absolute Gasteiger partial charge is 0.313 e. The molecule has 1 fully saturated rings. The monoisotopic (exact) mass is 186 g/mol. The first-order chi connectivity index (χ1) is 5.99. The van der Waals surface area contributed by atoms with E-state index in [0.29, 0.717) is 13.0 Å². The van der Waals surface area contributed by atoms with Crippen LogP contribution >= 0.6 is 0 Å². The Hall–Kier alpha value is -1.06. The quantitative estimate of drug-likeness (QED) is 0.614. The van der Waals surface area contributed by atoms with Crippen LogP contribution in [0.1, 0.15) is 27.2 Å². The molecule has 0 bridgehead atoms. The van der Waals surface area contributed by atoms with Crippen LogP contribution < -0.4 is 0 Å². The molecule has 4 heteroatoms. The van der Waals surface area contributed by atoms with Crippen molar-refractivity contribution in [1.82, 2.24) is 0 Å². The van der Waals surface area contributed by atoms with Crippen LogP contribution in [0.15, 0.2) is 0 Å². The molecule has 4 nitrogen and oxygen atoms in total. The molecule has 2 unspecified atom stereocenters. The number of hydrogen-bond acceptors (Lipinski definition) is 4. The Morgan fingerprint density at radius 3 is 2.62 bits per heavy atom. The number of carbonyl (C=O) groups is 2. The SMILES string of the molecule is CCOC(=O)C1CC1(C)OC(C)=O. The van der Waals surface area contributed by atoms with Gasteiger partial charge in [0.2, 0.25) is 0 Å². The molecule has 0 radical (unpaired) electrons. The zero-order chi connectivity index (χ0) is 10.1. The highest BCUT2D eigenvalue weighted by atomic mass is 16.6. The predicted molar refractivity (Wildman–Crippen MR) is 44.9 cm³/mol. The van der Waals surface area contributed by atoms with Gasteiger partial charge in [-0.05, 0) is 13.8 Å². The Morgan fingerprint density at radius 1 is 1.54 bits per heavy atom. The van der Waals surface area contributed by atoms with Crippen molar-refractivity contribution in [2.45, 2.75) is 32.8 Å². The molecular formula is C9H14O4. The van der Waals surface area contributed by atoms with Crippen molar-refractivity contribution in [2.75, 3.05) is 6.61 Å². The predicted octanol–water partition coefficient (Wildman–Crippen LogP) is 0.891. The highest BCUT2D eigenvalue weighted by molar-refractivity contribution is 5.79. The molecule has 2 atom stereocenters. The van der Waals surface area contributed by atoms with Crippen molar-refractivity contribution < 1.29 is 19.1 Å². The van der Waals surface area contributed by atoms with E-state index < -0.39 is 5.60 Å². The lowest BCUT2D eigenvalue weighted by Gasteiger charge is -2.10. The van der Waals surface area contributed by atoms with Crippen molar-refractivity contribution in [1.29, 1.82) is 0 Å². The van der Waals surface area contributed by atoms with E-state index in [1.165, 1.54) is 6.92 Å². The van der Waals surface area contributed by atoms with E-state index in [2.05, 4.69) is 0 Å². The number of ether oxygens (including phenoxy) is 2. The van der Waals surface area contributed by atoms with Gasteiger partial charge in [0.05, 0.1) is 6.61 Å². The van der Waals surface area contributed by atoms with Crippen LogP contribution in [-0.2, 0) is 19.1 Å². The molecule has 1 saturated carbocycles. The van der Waals surface area contributed by atoms with Gasteiger partial charge < -0.3 is 9.47 Å². The zero-order valence-corrected chi connectivity index (χ0v) is 8.12. The summed E-state index contributed by atoms with van der Waals surface area (Å²) in [4.78, 5) is 21.8. The van der Waals surface area contributed by atoms with Gasteiger partial charge in [-0.1, -0.05) is 0 Å². The first kappa shape index (κ1) is 10.0. The molecule has 0 aromatic rings. The average molecular weight is 186 g/mol. The molecule has 1 aliphatic rings. The van der Waals surface area contributed by atoms with Crippen LogP contribution in [0.4, 0.5) is 0 Å². The van der Waals surface area contributed by atoms with E-state index in [4.69, 9.17) is 9.47 Å². The van der Waals surface area contributed by atoms with Crippen LogP contribution in [0, 0.1) is 5.92 Å². The first-order valence-corrected chi connectivity index (χ1v) is 4.36. The fraction of sp³-hybridized carbons (Fsp3) is 0.778. The van der Waals surface area contributed by atoms with Crippen LogP contribution in [0.25, 0.3) is 0 Å². The second-order valence-electron chi connectivity index (χ2n) is 3.42. The van der Waals surface area contributed by atoms with Crippen molar-refractivity contribution in [3.05, 3.63) is 0 Å². The second kappa shape index (κ2) is 3.36. The van der Waals surface area contributed by atoms with Gasteiger partial charge >= 0.3 is 11.9 Å². The normalized spacial score (nSPS) is 30.8. The summed E-state index contributed by atoms with van der Waals surface area (Å²) in [7, 11) is 0. The maximum atomic E-state index is 11.2. The Kier molecular flexibility index (Phi) is 2.59.